The number of piperidine rings is 1. The number of nitrogens with one attached hydrogen (secondary N) is 2. The summed E-state index contributed by atoms with van der Waals surface area (Å²) in [6, 6.07) is 15.1. The molecule has 5 nitrogen and oxygen atoms in total. The molecular formula is C23H31IN4OS. The van der Waals surface area contributed by atoms with Gasteiger partial charge in [-0.25, -0.2) is 0 Å². The number of likely N-dealkylation sites (tertiary alicyclic amines) is 1. The Morgan fingerprint density at radius 1 is 1.30 bits per heavy atom. The molecule has 0 aliphatic carbocycles. The number of guanidine groups is 1. The first-order chi connectivity index (χ1) is 14.2. The number of furan rings is 1. The Morgan fingerprint density at radius 3 is 2.87 bits per heavy atom. The topological polar surface area (TPSA) is 52.8 Å². The van der Waals surface area contributed by atoms with E-state index >= 15 is 0 Å². The van der Waals surface area contributed by atoms with Gasteiger partial charge in [0, 0.05) is 29.9 Å². The lowest BCUT2D eigenvalue weighted by Crippen LogP contribution is -2.45. The molecule has 1 aliphatic heterocycles. The van der Waals surface area contributed by atoms with Crippen molar-refractivity contribution in [3.8, 4) is 0 Å². The minimum Gasteiger partial charge on any atom is -0.459 e. The number of fused-ring (bicyclic) bond motifs is 1. The van der Waals surface area contributed by atoms with Gasteiger partial charge in [-0.1, -0.05) is 24.3 Å². The fourth-order valence-corrected chi connectivity index (χ4v) is 5.28. The van der Waals surface area contributed by atoms with Crippen molar-refractivity contribution < 1.29 is 4.42 Å². The van der Waals surface area contributed by atoms with Crippen LogP contribution < -0.4 is 10.6 Å². The van der Waals surface area contributed by atoms with Gasteiger partial charge in [-0.3, -0.25) is 9.89 Å². The molecule has 3 heterocycles. The van der Waals surface area contributed by atoms with Crippen LogP contribution in [0, 0.1) is 5.92 Å². The van der Waals surface area contributed by atoms with Gasteiger partial charge >= 0.3 is 0 Å². The van der Waals surface area contributed by atoms with Crippen LogP contribution in [-0.4, -0.2) is 38.0 Å². The Hall–Kier alpha value is -1.58. The summed E-state index contributed by atoms with van der Waals surface area (Å²) in [5.74, 6) is 2.30. The maximum Gasteiger partial charge on any atom is 0.191 e. The van der Waals surface area contributed by atoms with Crippen molar-refractivity contribution in [2.75, 3.05) is 27.2 Å². The first-order valence-electron chi connectivity index (χ1n) is 10.3. The molecule has 3 aromatic rings. The number of hydrogen-bond acceptors (Lipinski definition) is 4. The van der Waals surface area contributed by atoms with Crippen LogP contribution in [0.3, 0.4) is 0 Å². The minimum absolute atomic E-state index is 0. The summed E-state index contributed by atoms with van der Waals surface area (Å²) in [7, 11) is 4.07. The van der Waals surface area contributed by atoms with Crippen LogP contribution in [0.1, 0.15) is 42.5 Å². The largest absolute Gasteiger partial charge is 0.459 e. The van der Waals surface area contributed by atoms with E-state index in [1.165, 1.54) is 17.7 Å². The number of rotatable bonds is 5. The summed E-state index contributed by atoms with van der Waals surface area (Å²) >= 11 is 1.86. The molecule has 0 spiro atoms. The number of benzene rings is 1. The number of nitrogens with zero attached hydrogens (tertiary/aromatic N) is 2. The highest BCUT2D eigenvalue weighted by atomic mass is 127. The SMILES string of the molecule is CN=C(NCC1CCCN(C)C1c1cccs1)NC(C)c1cc2ccccc2o1.I. The predicted molar refractivity (Wildman–Crippen MR) is 137 cm³/mol. The third-order valence-corrected chi connectivity index (χ3v) is 6.76. The van der Waals surface area contributed by atoms with E-state index in [4.69, 9.17) is 4.42 Å². The zero-order valence-electron chi connectivity index (χ0n) is 17.8. The van der Waals surface area contributed by atoms with E-state index in [0.29, 0.717) is 12.0 Å². The maximum absolute atomic E-state index is 6.00. The second-order valence-corrected chi connectivity index (χ2v) is 8.83. The lowest BCUT2D eigenvalue weighted by atomic mass is 9.88. The Balaban J connectivity index is 0.00000256. The maximum atomic E-state index is 6.00. The van der Waals surface area contributed by atoms with Crippen LogP contribution >= 0.6 is 35.3 Å². The van der Waals surface area contributed by atoms with Gasteiger partial charge in [0.05, 0.1) is 6.04 Å². The first kappa shape index (κ1) is 23.1. The molecule has 0 saturated carbocycles. The van der Waals surface area contributed by atoms with Gasteiger partial charge in [-0.15, -0.1) is 35.3 Å². The van der Waals surface area contributed by atoms with Crippen molar-refractivity contribution >= 4 is 52.2 Å². The number of aliphatic imine (C=N–C) groups is 1. The molecule has 0 bridgehead atoms. The fourth-order valence-electron chi connectivity index (χ4n) is 4.30. The van der Waals surface area contributed by atoms with Gasteiger partial charge in [-0.05, 0) is 62.9 Å². The fraction of sp³-hybridized carbons (Fsp3) is 0.435. The summed E-state index contributed by atoms with van der Waals surface area (Å²) in [5, 5.41) is 10.3. The summed E-state index contributed by atoms with van der Waals surface area (Å²) < 4.78 is 6.00. The van der Waals surface area contributed by atoms with Gasteiger partial charge in [0.15, 0.2) is 5.96 Å². The average molecular weight is 538 g/mol. The third kappa shape index (κ3) is 5.18. The number of para-hydroxylation sites is 1. The molecule has 1 saturated heterocycles. The molecule has 3 unspecified atom stereocenters. The van der Waals surface area contributed by atoms with Gasteiger partial charge in [-0.2, -0.15) is 0 Å². The first-order valence-corrected chi connectivity index (χ1v) is 11.2. The molecule has 30 heavy (non-hydrogen) atoms. The predicted octanol–water partition coefficient (Wildman–Crippen LogP) is 5.42. The van der Waals surface area contributed by atoms with E-state index in [-0.39, 0.29) is 30.0 Å². The van der Waals surface area contributed by atoms with Gasteiger partial charge in [0.25, 0.3) is 0 Å². The zero-order valence-corrected chi connectivity index (χ0v) is 20.9. The molecule has 4 rings (SSSR count). The zero-order chi connectivity index (χ0) is 20.2. The van der Waals surface area contributed by atoms with Gasteiger partial charge < -0.3 is 15.1 Å². The smallest absolute Gasteiger partial charge is 0.191 e. The van der Waals surface area contributed by atoms with Gasteiger partial charge in [0.2, 0.25) is 0 Å². The van der Waals surface area contributed by atoms with Crippen LogP contribution in [0.4, 0.5) is 0 Å². The Kier molecular flexibility index (Phi) is 8.19. The third-order valence-electron chi connectivity index (χ3n) is 5.82. The lowest BCUT2D eigenvalue weighted by molar-refractivity contribution is 0.125. The van der Waals surface area contributed by atoms with Crippen molar-refractivity contribution in [2.45, 2.75) is 31.8 Å². The van der Waals surface area contributed by atoms with Crippen LogP contribution in [0.2, 0.25) is 0 Å². The molecular weight excluding hydrogens is 507 g/mol. The highest BCUT2D eigenvalue weighted by Crippen LogP contribution is 2.36. The van der Waals surface area contributed by atoms with E-state index in [0.717, 1.165) is 35.8 Å². The van der Waals surface area contributed by atoms with Crippen molar-refractivity contribution in [1.82, 2.24) is 15.5 Å². The highest BCUT2D eigenvalue weighted by molar-refractivity contribution is 14.0. The Bertz CT molecular complexity index is 922. The molecule has 1 aromatic carbocycles. The van der Waals surface area contributed by atoms with Crippen LogP contribution in [-0.2, 0) is 0 Å². The summed E-state index contributed by atoms with van der Waals surface area (Å²) in [6.07, 6.45) is 2.47. The highest BCUT2D eigenvalue weighted by Gasteiger charge is 2.31. The van der Waals surface area contributed by atoms with Crippen LogP contribution in [0.5, 0.6) is 0 Å². The van der Waals surface area contributed by atoms with Crippen LogP contribution in [0.25, 0.3) is 11.0 Å². The minimum atomic E-state index is 0. The summed E-state index contributed by atoms with van der Waals surface area (Å²) in [6.45, 7) is 4.17. The van der Waals surface area contributed by atoms with Crippen LogP contribution in [0.15, 0.2) is 57.3 Å². The summed E-state index contributed by atoms with van der Waals surface area (Å²) in [5.41, 5.74) is 0.920. The van der Waals surface area contributed by atoms with E-state index in [9.17, 15) is 0 Å². The second-order valence-electron chi connectivity index (χ2n) is 7.85. The Morgan fingerprint density at radius 2 is 2.13 bits per heavy atom. The van der Waals surface area contributed by atoms with E-state index < -0.39 is 0 Å². The molecule has 0 amide bonds. The monoisotopic (exact) mass is 538 g/mol. The molecule has 162 valence electrons. The van der Waals surface area contributed by atoms with Crippen molar-refractivity contribution in [2.24, 2.45) is 10.9 Å². The Labute approximate surface area is 200 Å². The normalized spacial score (nSPS) is 21.2. The number of hydrogen-bond donors (Lipinski definition) is 2. The van der Waals surface area contributed by atoms with E-state index in [1.54, 1.807) is 0 Å². The number of halogens is 1. The molecule has 0 radical (unpaired) electrons. The molecule has 3 atom stereocenters. The molecule has 1 fully saturated rings. The molecule has 1 aliphatic rings. The second kappa shape index (κ2) is 10.6. The number of thiophene rings is 1. The quantitative estimate of drug-likeness (QED) is 0.259. The van der Waals surface area contributed by atoms with Gasteiger partial charge in [0.1, 0.15) is 11.3 Å². The van der Waals surface area contributed by atoms with Crippen molar-refractivity contribution in [1.29, 1.82) is 0 Å². The van der Waals surface area contributed by atoms with Crippen molar-refractivity contribution in [3.63, 3.8) is 0 Å². The molecule has 2 aromatic heterocycles. The lowest BCUT2D eigenvalue weighted by Gasteiger charge is -2.39. The van der Waals surface area contributed by atoms with E-state index in [2.05, 4.69) is 64.1 Å². The van der Waals surface area contributed by atoms with E-state index in [1.807, 2.05) is 36.6 Å². The molecule has 2 N–H and O–H groups in total. The summed E-state index contributed by atoms with van der Waals surface area (Å²) in [4.78, 5) is 8.39. The molecule has 7 heteroatoms. The average Bonchev–Trinajstić information content (AvgIpc) is 3.40. The standard InChI is InChI=1S/C23H30N4OS.HI/c1-16(20-14-17-8-4-5-10-19(17)28-20)26-23(24-2)25-15-18-9-6-12-27(3)22(18)21-11-7-13-29-21;/h4-5,7-8,10-11,13-14,16,18,22H,6,9,12,15H2,1-3H3,(H2,24,25,26);1H. The van der Waals surface area contributed by atoms with Crippen molar-refractivity contribution in [3.05, 3.63) is 58.5 Å².